The van der Waals surface area contributed by atoms with Crippen LogP contribution < -0.4 is 15.5 Å². The third-order valence-electron chi connectivity index (χ3n) is 5.52. The number of imide groups is 1. The van der Waals surface area contributed by atoms with E-state index in [2.05, 4.69) is 10.6 Å². The van der Waals surface area contributed by atoms with Crippen LogP contribution in [-0.2, 0) is 14.3 Å². The molecule has 1 heterocycles. The van der Waals surface area contributed by atoms with Crippen LogP contribution in [-0.4, -0.2) is 30.3 Å². The summed E-state index contributed by atoms with van der Waals surface area (Å²) in [7, 11) is 0. The number of hydrogen-bond donors (Lipinski definition) is 2. The van der Waals surface area contributed by atoms with Crippen molar-refractivity contribution in [1.29, 1.82) is 0 Å². The SMILES string of the molecule is CCCOC(=O)c1ccc(N2C(=O)C(Cl)=C(Nc3ccc(C(=O)Nc4cccc(C)c4)cc3)C2=O)cc1. The Labute approximate surface area is 218 Å². The summed E-state index contributed by atoms with van der Waals surface area (Å²) in [5.74, 6) is -2.10. The van der Waals surface area contributed by atoms with Crippen LogP contribution in [0.3, 0.4) is 0 Å². The normalized spacial score (nSPS) is 13.1. The Hall–Kier alpha value is -4.43. The lowest BCUT2D eigenvalue weighted by molar-refractivity contribution is -0.120. The van der Waals surface area contributed by atoms with Crippen LogP contribution in [0.15, 0.2) is 83.5 Å². The first-order valence-corrected chi connectivity index (χ1v) is 12.0. The Bertz CT molecular complexity index is 1400. The molecule has 9 heteroatoms. The number of aryl methyl sites for hydroxylation is 1. The number of nitrogens with zero attached hydrogens (tertiary/aromatic N) is 1. The van der Waals surface area contributed by atoms with Gasteiger partial charge in [-0.1, -0.05) is 30.7 Å². The van der Waals surface area contributed by atoms with Crippen LogP contribution in [0.1, 0.15) is 39.6 Å². The zero-order chi connectivity index (χ0) is 26.5. The van der Waals surface area contributed by atoms with Crippen molar-refractivity contribution >= 4 is 52.4 Å². The zero-order valence-corrected chi connectivity index (χ0v) is 21.0. The van der Waals surface area contributed by atoms with E-state index in [1.54, 1.807) is 30.3 Å². The number of carbonyl (C=O) groups is 4. The number of hydrogen-bond acceptors (Lipinski definition) is 6. The van der Waals surface area contributed by atoms with Gasteiger partial charge in [-0.25, -0.2) is 9.69 Å². The molecule has 0 atom stereocenters. The Balaban J connectivity index is 1.44. The number of halogens is 1. The number of carbonyl (C=O) groups excluding carboxylic acids is 4. The lowest BCUT2D eigenvalue weighted by Crippen LogP contribution is -2.32. The second-order valence-electron chi connectivity index (χ2n) is 8.34. The largest absolute Gasteiger partial charge is 0.462 e. The molecule has 0 saturated heterocycles. The number of nitrogens with one attached hydrogen (secondary N) is 2. The summed E-state index contributed by atoms with van der Waals surface area (Å²) in [5, 5.41) is 5.44. The average Bonchev–Trinajstić information content (AvgIpc) is 3.10. The van der Waals surface area contributed by atoms with E-state index in [9.17, 15) is 19.2 Å². The highest BCUT2D eigenvalue weighted by Gasteiger charge is 2.39. The van der Waals surface area contributed by atoms with Crippen molar-refractivity contribution in [3.05, 3.63) is 100 Å². The van der Waals surface area contributed by atoms with Crippen molar-refractivity contribution in [2.75, 3.05) is 22.1 Å². The fraction of sp³-hybridized carbons (Fsp3) is 0.143. The molecular weight excluding hydrogens is 494 g/mol. The van der Waals surface area contributed by atoms with Gasteiger partial charge in [0.15, 0.2) is 0 Å². The van der Waals surface area contributed by atoms with E-state index < -0.39 is 17.8 Å². The van der Waals surface area contributed by atoms with Crippen LogP contribution in [0.25, 0.3) is 0 Å². The van der Waals surface area contributed by atoms with Crippen LogP contribution >= 0.6 is 11.6 Å². The third-order valence-corrected chi connectivity index (χ3v) is 5.87. The van der Waals surface area contributed by atoms with Gasteiger partial charge < -0.3 is 15.4 Å². The monoisotopic (exact) mass is 517 g/mol. The van der Waals surface area contributed by atoms with Crippen molar-refractivity contribution in [1.82, 2.24) is 0 Å². The predicted octanol–water partition coefficient (Wildman–Crippen LogP) is 5.25. The summed E-state index contributed by atoms with van der Waals surface area (Å²) < 4.78 is 5.09. The molecule has 0 radical (unpaired) electrons. The minimum absolute atomic E-state index is 0.0879. The van der Waals surface area contributed by atoms with Gasteiger partial charge >= 0.3 is 5.97 Å². The molecule has 0 unspecified atom stereocenters. The Morgan fingerprint density at radius 2 is 1.57 bits per heavy atom. The summed E-state index contributed by atoms with van der Waals surface area (Å²) in [6, 6.07) is 19.8. The van der Waals surface area contributed by atoms with Gasteiger partial charge in [0.2, 0.25) is 0 Å². The molecule has 0 spiro atoms. The second-order valence-corrected chi connectivity index (χ2v) is 8.72. The van der Waals surface area contributed by atoms with Crippen molar-refractivity contribution in [2.45, 2.75) is 20.3 Å². The smallest absolute Gasteiger partial charge is 0.338 e. The minimum atomic E-state index is -0.690. The van der Waals surface area contributed by atoms with E-state index in [0.29, 0.717) is 35.5 Å². The Morgan fingerprint density at radius 3 is 2.22 bits per heavy atom. The number of amides is 3. The van der Waals surface area contributed by atoms with Crippen molar-refractivity contribution in [3.8, 4) is 0 Å². The number of rotatable bonds is 8. The maximum atomic E-state index is 13.0. The summed E-state index contributed by atoms with van der Waals surface area (Å²) in [6.45, 7) is 4.13. The third kappa shape index (κ3) is 5.70. The van der Waals surface area contributed by atoms with E-state index in [1.807, 2.05) is 32.0 Å². The summed E-state index contributed by atoms with van der Waals surface area (Å²) >= 11 is 6.21. The van der Waals surface area contributed by atoms with Gasteiger partial charge in [0.05, 0.1) is 17.9 Å². The van der Waals surface area contributed by atoms with E-state index in [1.165, 1.54) is 24.3 Å². The summed E-state index contributed by atoms with van der Waals surface area (Å²) in [6.07, 6.45) is 0.698. The zero-order valence-electron chi connectivity index (χ0n) is 20.2. The van der Waals surface area contributed by atoms with E-state index in [4.69, 9.17) is 16.3 Å². The molecule has 2 N–H and O–H groups in total. The molecule has 0 aliphatic carbocycles. The maximum absolute atomic E-state index is 13.0. The Kier molecular flexibility index (Phi) is 7.69. The molecule has 0 fully saturated rings. The molecule has 3 aromatic carbocycles. The van der Waals surface area contributed by atoms with E-state index >= 15 is 0 Å². The fourth-order valence-electron chi connectivity index (χ4n) is 3.65. The molecule has 3 aromatic rings. The number of benzene rings is 3. The average molecular weight is 518 g/mol. The van der Waals surface area contributed by atoms with Crippen LogP contribution in [0.2, 0.25) is 0 Å². The fourth-order valence-corrected chi connectivity index (χ4v) is 3.86. The van der Waals surface area contributed by atoms with Crippen molar-refractivity contribution in [2.24, 2.45) is 0 Å². The summed E-state index contributed by atoms with van der Waals surface area (Å²) in [5.41, 5.74) is 3.08. The van der Waals surface area contributed by atoms with Gasteiger partial charge in [0.25, 0.3) is 17.7 Å². The molecule has 37 heavy (non-hydrogen) atoms. The van der Waals surface area contributed by atoms with Gasteiger partial charge in [-0.3, -0.25) is 14.4 Å². The molecule has 1 aliphatic heterocycles. The molecule has 0 bridgehead atoms. The molecular formula is C28H24ClN3O5. The van der Waals surface area contributed by atoms with E-state index in [-0.39, 0.29) is 22.3 Å². The van der Waals surface area contributed by atoms with E-state index in [0.717, 1.165) is 10.5 Å². The van der Waals surface area contributed by atoms with Gasteiger partial charge in [-0.15, -0.1) is 0 Å². The number of anilines is 3. The van der Waals surface area contributed by atoms with Crippen molar-refractivity contribution < 1.29 is 23.9 Å². The first-order valence-electron chi connectivity index (χ1n) is 11.6. The minimum Gasteiger partial charge on any atom is -0.462 e. The standard InChI is InChI=1S/C28H24ClN3O5/c1-3-15-37-28(36)19-9-13-22(14-10-19)32-26(34)23(29)24(27(32)35)30-20-11-7-18(8-12-20)25(33)31-21-6-4-5-17(2)16-21/h4-14,16,30H,3,15H2,1-2H3,(H,31,33). The second kappa shape index (κ2) is 11.1. The predicted molar refractivity (Wildman–Crippen MR) is 142 cm³/mol. The highest BCUT2D eigenvalue weighted by Crippen LogP contribution is 2.30. The molecule has 0 aromatic heterocycles. The molecule has 4 rings (SSSR count). The van der Waals surface area contributed by atoms with Crippen molar-refractivity contribution in [3.63, 3.8) is 0 Å². The molecule has 3 amide bonds. The van der Waals surface area contributed by atoms with Gasteiger partial charge in [0, 0.05) is 16.9 Å². The first kappa shape index (κ1) is 25.7. The highest BCUT2D eigenvalue weighted by atomic mass is 35.5. The quantitative estimate of drug-likeness (QED) is 0.312. The number of esters is 1. The highest BCUT2D eigenvalue weighted by molar-refractivity contribution is 6.53. The molecule has 188 valence electrons. The van der Waals surface area contributed by atoms with Crippen LogP contribution in [0.5, 0.6) is 0 Å². The lowest BCUT2D eigenvalue weighted by atomic mass is 10.1. The maximum Gasteiger partial charge on any atom is 0.338 e. The Morgan fingerprint density at radius 1 is 0.892 bits per heavy atom. The van der Waals surface area contributed by atoms with Gasteiger partial charge in [0.1, 0.15) is 10.7 Å². The van der Waals surface area contributed by atoms with Crippen LogP contribution in [0.4, 0.5) is 17.1 Å². The van der Waals surface area contributed by atoms with Crippen LogP contribution in [0, 0.1) is 6.92 Å². The number of ether oxygens (including phenoxy) is 1. The molecule has 1 aliphatic rings. The summed E-state index contributed by atoms with van der Waals surface area (Å²) in [4.78, 5) is 51.3. The molecule has 8 nitrogen and oxygen atoms in total. The topological polar surface area (TPSA) is 105 Å². The first-order chi connectivity index (χ1) is 17.8. The van der Waals surface area contributed by atoms with Gasteiger partial charge in [-0.05, 0) is 79.6 Å². The van der Waals surface area contributed by atoms with Gasteiger partial charge in [-0.2, -0.15) is 0 Å². The lowest BCUT2D eigenvalue weighted by Gasteiger charge is -2.15. The molecule has 0 saturated carbocycles.